The first-order valence-electron chi connectivity index (χ1n) is 38.1. The van der Waals surface area contributed by atoms with Gasteiger partial charge in [0.25, 0.3) is 0 Å². The molecule has 0 spiro atoms. The number of hydrogen-bond donors (Lipinski definition) is 3. The van der Waals surface area contributed by atoms with E-state index in [0.29, 0.717) is 32.1 Å². The second kappa shape index (κ2) is 71.1. The molecule has 0 bridgehead atoms. The number of aliphatic hydroxyl groups excluding tert-OH is 1. The van der Waals surface area contributed by atoms with Crippen LogP contribution in [-0.4, -0.2) is 96.7 Å². The molecule has 0 aromatic heterocycles. The molecule has 0 aromatic rings. The van der Waals surface area contributed by atoms with Gasteiger partial charge in [-0.2, -0.15) is 0 Å². The number of carbonyl (C=O) groups is 4. The number of phosphoric ester groups is 2. The maximum Gasteiger partial charge on any atom is 0.472 e. The molecule has 0 aliphatic carbocycles. The lowest BCUT2D eigenvalue weighted by Gasteiger charge is -2.21. The number of allylic oxidation sites excluding steroid dienone is 18. The minimum absolute atomic E-state index is 0.0336. The van der Waals surface area contributed by atoms with Gasteiger partial charge in [0, 0.05) is 25.7 Å². The van der Waals surface area contributed by atoms with Crippen LogP contribution in [0.4, 0.5) is 0 Å². The third-order valence-electron chi connectivity index (χ3n) is 15.7. The Bertz CT molecular complexity index is 2290. The minimum atomic E-state index is -4.99. The van der Waals surface area contributed by atoms with Gasteiger partial charge >= 0.3 is 39.5 Å². The Kier molecular flexibility index (Phi) is 68.0. The standard InChI is InChI=1S/C79H136O17P2/c1-5-9-13-17-21-25-29-32-34-35-36-37-39-42-45-48-52-56-60-64-77(82)89-69-74(95-78(83)65-61-57-53-49-43-28-24-20-16-12-8-4)71-93-97(85,86)91-67-73(80)68-92-98(87,88)94-72-75(96-79(84)66-62-58-54-50-46-40-31-27-23-19-15-11-7-3)70-90-76(81)63-59-55-51-47-44-41-38-33-30-26-22-18-14-10-6-2/h9,13,15,19-21,24-25,27,31-32,34,36-37,42,45,52,56,73-75,80H,5-8,10-12,14,16-18,22-23,26,28-30,33,35,38-41,43-44,46-51,53-55,57-72H2,1-4H3,(H,85,86)(H,87,88)/b13-9-,19-15-,24-20-,25-21-,31-27-,34-32-,37-36-,45-42-,56-52-. The Balaban J connectivity index is 5.36. The summed E-state index contributed by atoms with van der Waals surface area (Å²) in [5.41, 5.74) is 0. The number of ether oxygens (including phenoxy) is 4. The zero-order valence-corrected chi connectivity index (χ0v) is 63.2. The topological polar surface area (TPSA) is 237 Å². The van der Waals surface area contributed by atoms with E-state index in [1.807, 2.05) is 18.2 Å². The van der Waals surface area contributed by atoms with E-state index >= 15 is 0 Å². The molecule has 0 aliphatic rings. The quantitative estimate of drug-likeness (QED) is 0.0169. The fraction of sp³-hybridized carbons (Fsp3) is 0.722. The average Bonchev–Trinajstić information content (AvgIpc) is 1.00. The van der Waals surface area contributed by atoms with Crippen molar-refractivity contribution in [1.82, 2.24) is 0 Å². The lowest BCUT2D eigenvalue weighted by Crippen LogP contribution is -2.30. The van der Waals surface area contributed by atoms with Gasteiger partial charge in [-0.25, -0.2) is 9.13 Å². The highest BCUT2D eigenvalue weighted by Gasteiger charge is 2.30. The van der Waals surface area contributed by atoms with Crippen molar-refractivity contribution in [3.05, 3.63) is 109 Å². The van der Waals surface area contributed by atoms with E-state index in [2.05, 4.69) is 119 Å². The first-order valence-corrected chi connectivity index (χ1v) is 41.1. The first-order chi connectivity index (χ1) is 47.7. The number of esters is 4. The van der Waals surface area contributed by atoms with E-state index in [-0.39, 0.29) is 25.7 Å². The second-order valence-corrected chi connectivity index (χ2v) is 28.1. The molecule has 0 amide bonds. The monoisotopic (exact) mass is 1420 g/mol. The van der Waals surface area contributed by atoms with Crippen molar-refractivity contribution in [3.63, 3.8) is 0 Å². The zero-order chi connectivity index (χ0) is 71.8. The average molecular weight is 1420 g/mol. The molecular weight excluding hydrogens is 1280 g/mol. The van der Waals surface area contributed by atoms with Crippen LogP contribution in [0.1, 0.15) is 310 Å². The summed E-state index contributed by atoms with van der Waals surface area (Å²) in [5.74, 6) is -2.29. The van der Waals surface area contributed by atoms with Crippen LogP contribution < -0.4 is 0 Å². The lowest BCUT2D eigenvalue weighted by molar-refractivity contribution is -0.161. The van der Waals surface area contributed by atoms with E-state index in [0.717, 1.165) is 141 Å². The summed E-state index contributed by atoms with van der Waals surface area (Å²) in [4.78, 5) is 72.7. The van der Waals surface area contributed by atoms with Crippen LogP contribution in [0.2, 0.25) is 0 Å². The molecule has 0 saturated heterocycles. The maximum absolute atomic E-state index is 13.1. The van der Waals surface area contributed by atoms with Crippen LogP contribution in [0.15, 0.2) is 109 Å². The normalized spacial score (nSPS) is 14.6. The highest BCUT2D eigenvalue weighted by molar-refractivity contribution is 7.47. The van der Waals surface area contributed by atoms with Gasteiger partial charge in [-0.15, -0.1) is 0 Å². The number of phosphoric acid groups is 2. The number of rotatable bonds is 71. The molecule has 17 nitrogen and oxygen atoms in total. The van der Waals surface area contributed by atoms with E-state index in [9.17, 15) is 43.2 Å². The largest absolute Gasteiger partial charge is 0.472 e. The fourth-order valence-electron chi connectivity index (χ4n) is 9.91. The molecule has 0 radical (unpaired) electrons. The Morgan fingerprint density at radius 3 is 0.959 bits per heavy atom. The first kappa shape index (κ1) is 93.7. The van der Waals surface area contributed by atoms with E-state index in [4.69, 9.17) is 37.0 Å². The van der Waals surface area contributed by atoms with Gasteiger partial charge in [-0.05, 0) is 109 Å². The molecular formula is C79H136O17P2. The highest BCUT2D eigenvalue weighted by atomic mass is 31.2. The second-order valence-electron chi connectivity index (χ2n) is 25.2. The van der Waals surface area contributed by atoms with Crippen LogP contribution in [-0.2, 0) is 65.4 Å². The Morgan fingerprint density at radius 2 is 0.582 bits per heavy atom. The summed E-state index contributed by atoms with van der Waals surface area (Å²) >= 11 is 0. The van der Waals surface area contributed by atoms with Crippen molar-refractivity contribution < 1.29 is 80.2 Å². The number of unbranched alkanes of at least 4 members (excludes halogenated alkanes) is 27. The van der Waals surface area contributed by atoms with E-state index in [1.165, 1.54) is 83.5 Å². The Hall–Kier alpha value is -4.28. The highest BCUT2D eigenvalue weighted by Crippen LogP contribution is 2.45. The summed E-state index contributed by atoms with van der Waals surface area (Å²) in [6, 6.07) is 0. The number of hydrogen-bond acceptors (Lipinski definition) is 15. The van der Waals surface area contributed by atoms with Crippen molar-refractivity contribution in [3.8, 4) is 0 Å². The zero-order valence-electron chi connectivity index (χ0n) is 61.4. The van der Waals surface area contributed by atoms with Crippen LogP contribution in [0.3, 0.4) is 0 Å². The van der Waals surface area contributed by atoms with Crippen molar-refractivity contribution in [2.45, 2.75) is 329 Å². The van der Waals surface area contributed by atoms with Crippen LogP contribution in [0.5, 0.6) is 0 Å². The molecule has 5 unspecified atom stereocenters. The van der Waals surface area contributed by atoms with Gasteiger partial charge in [-0.1, -0.05) is 285 Å². The molecule has 0 saturated carbocycles. The number of aliphatic hydroxyl groups is 1. The molecule has 0 heterocycles. The van der Waals surface area contributed by atoms with Crippen molar-refractivity contribution in [1.29, 1.82) is 0 Å². The molecule has 0 rings (SSSR count). The smallest absolute Gasteiger partial charge is 0.462 e. The third-order valence-corrected chi connectivity index (χ3v) is 17.6. The molecule has 0 aliphatic heterocycles. The van der Waals surface area contributed by atoms with Crippen LogP contribution in [0, 0.1) is 0 Å². The van der Waals surface area contributed by atoms with Crippen molar-refractivity contribution >= 4 is 39.5 Å². The van der Waals surface area contributed by atoms with Gasteiger partial charge in [0.1, 0.15) is 19.3 Å². The molecule has 0 aromatic carbocycles. The molecule has 98 heavy (non-hydrogen) atoms. The fourth-order valence-corrected chi connectivity index (χ4v) is 11.5. The summed E-state index contributed by atoms with van der Waals surface area (Å²) in [5, 5.41) is 10.6. The van der Waals surface area contributed by atoms with Gasteiger partial charge in [0.05, 0.1) is 26.4 Å². The lowest BCUT2D eigenvalue weighted by atomic mass is 10.0. The molecule has 19 heteroatoms. The summed E-state index contributed by atoms with van der Waals surface area (Å²) in [6.45, 7) is 4.56. The summed E-state index contributed by atoms with van der Waals surface area (Å²) in [7, 11) is -9.97. The van der Waals surface area contributed by atoms with E-state index < -0.39 is 97.5 Å². The van der Waals surface area contributed by atoms with Crippen LogP contribution >= 0.6 is 15.6 Å². The Labute approximate surface area is 594 Å². The van der Waals surface area contributed by atoms with Gasteiger partial charge in [0.2, 0.25) is 0 Å². The SMILES string of the molecule is CC/C=C\C/C=C\C/C=C\C/C=C\C/C=C\C/C=C\CCC(=O)OCC(COP(=O)(O)OCC(O)COP(=O)(O)OCC(COC(=O)CCCCCCCCCCCCCCCCC)OC(=O)CCCCCCC/C=C\C/C=C\CCC)OC(=O)CCCCCCC/C=C\CCCC. The summed E-state index contributed by atoms with van der Waals surface area (Å²) in [6.07, 6.45) is 75.3. The summed E-state index contributed by atoms with van der Waals surface area (Å²) < 4.78 is 68.3. The number of carbonyl (C=O) groups excluding carboxylic acids is 4. The Morgan fingerprint density at radius 1 is 0.296 bits per heavy atom. The molecule has 0 fully saturated rings. The molecule has 5 atom stereocenters. The van der Waals surface area contributed by atoms with Gasteiger partial charge < -0.3 is 33.8 Å². The van der Waals surface area contributed by atoms with Crippen molar-refractivity contribution in [2.24, 2.45) is 0 Å². The predicted octanol–water partition coefficient (Wildman–Crippen LogP) is 21.8. The predicted molar refractivity (Wildman–Crippen MR) is 399 cm³/mol. The molecule has 564 valence electrons. The van der Waals surface area contributed by atoms with Gasteiger partial charge in [0.15, 0.2) is 12.2 Å². The third kappa shape index (κ3) is 70.2. The van der Waals surface area contributed by atoms with Crippen LogP contribution in [0.25, 0.3) is 0 Å². The van der Waals surface area contributed by atoms with Crippen molar-refractivity contribution in [2.75, 3.05) is 39.6 Å². The molecule has 3 N–H and O–H groups in total. The minimum Gasteiger partial charge on any atom is -0.462 e. The van der Waals surface area contributed by atoms with E-state index in [1.54, 1.807) is 0 Å². The van der Waals surface area contributed by atoms with Gasteiger partial charge in [-0.3, -0.25) is 37.3 Å². The maximum atomic E-state index is 13.1.